The SMILES string of the molecule is BrP(Br)Br.C.Cc1cc(=O)[nH]c(=S)[nH]1.Cc1cc(=O)[nH]c(SCc2nc3ccccn3c2Cl)n1.Clc1c(CBr)nc2ccccn12.OCc1cn2ccccc2n1.OCc1nc2ccccn2c1Cl. The van der Waals surface area contributed by atoms with Crippen molar-refractivity contribution in [1.29, 1.82) is 0 Å². The van der Waals surface area contributed by atoms with Crippen molar-refractivity contribution in [3.05, 3.63) is 191 Å². The molecule has 10 heterocycles. The van der Waals surface area contributed by atoms with Crippen LogP contribution in [-0.2, 0) is 24.3 Å². The molecule has 5 N–H and O–H groups in total. The molecule has 0 bridgehead atoms. The van der Waals surface area contributed by atoms with Gasteiger partial charge in [0.2, 0.25) is 0 Å². The molecule has 16 nitrogen and oxygen atoms in total. The van der Waals surface area contributed by atoms with Gasteiger partial charge >= 0.3 is 0 Å². The summed E-state index contributed by atoms with van der Waals surface area (Å²) in [5.41, 5.74) is 7.35. The van der Waals surface area contributed by atoms with E-state index in [2.05, 4.69) is 114 Å². The van der Waals surface area contributed by atoms with Crippen LogP contribution in [-0.4, -0.2) is 67.7 Å². The Kier molecular flexibility index (Phi) is 24.2. The van der Waals surface area contributed by atoms with Crippen LogP contribution < -0.4 is 11.1 Å². The summed E-state index contributed by atoms with van der Waals surface area (Å²) in [6.07, 6.45) is 9.29. The number of aromatic nitrogens is 12. The van der Waals surface area contributed by atoms with Gasteiger partial charge < -0.3 is 24.6 Å². The van der Waals surface area contributed by atoms with Crippen molar-refractivity contribution in [2.45, 2.75) is 50.7 Å². The number of H-pyrrole nitrogens is 3. The fraction of sp³-hybridized carbons (Fsp3) is 0.163. The first-order valence-corrected chi connectivity index (χ1v) is 30.5. The van der Waals surface area contributed by atoms with Crippen LogP contribution in [0.2, 0.25) is 15.5 Å². The Bertz CT molecular complexity index is 3260. The Morgan fingerprint density at radius 2 is 1.13 bits per heavy atom. The molecule has 0 fully saturated rings. The Labute approximate surface area is 453 Å². The number of pyridine rings is 4. The average molecular weight is 1310 g/mol. The van der Waals surface area contributed by atoms with Crippen molar-refractivity contribution < 1.29 is 10.2 Å². The lowest BCUT2D eigenvalue weighted by Gasteiger charge is -2.00. The van der Waals surface area contributed by atoms with Gasteiger partial charge in [-0.2, -0.15) is 0 Å². The van der Waals surface area contributed by atoms with E-state index < -0.39 is 0 Å². The first-order chi connectivity index (χ1) is 32.6. The molecule has 0 aromatic carbocycles. The number of aliphatic hydroxyl groups is 2. The summed E-state index contributed by atoms with van der Waals surface area (Å²) in [5, 5.41) is 20.6. The van der Waals surface area contributed by atoms with Crippen LogP contribution in [0.25, 0.3) is 22.6 Å². The van der Waals surface area contributed by atoms with Crippen molar-refractivity contribution in [3.63, 3.8) is 0 Å². The first-order valence-electron chi connectivity index (χ1n) is 19.4. The van der Waals surface area contributed by atoms with Crippen LogP contribution in [0.4, 0.5) is 0 Å². The normalized spacial score (nSPS) is 10.4. The van der Waals surface area contributed by atoms with Crippen LogP contribution in [0, 0.1) is 18.6 Å². The van der Waals surface area contributed by atoms with E-state index in [1.54, 1.807) is 18.2 Å². The number of aromatic amines is 3. The molecule has 0 atom stereocenters. The summed E-state index contributed by atoms with van der Waals surface area (Å²) in [6, 6.07) is 25.7. The summed E-state index contributed by atoms with van der Waals surface area (Å²) in [5.74, 6) is 0.549. The number of aliphatic hydroxyl groups excluding tert-OH is 2. The minimum atomic E-state index is -0.183. The second-order valence-electron chi connectivity index (χ2n) is 13.4. The van der Waals surface area contributed by atoms with Gasteiger partial charge in [-0.15, -0.1) is 0 Å². The Morgan fingerprint density at radius 3 is 1.59 bits per heavy atom. The second-order valence-corrected chi connectivity index (χ2v) is 31.8. The predicted molar refractivity (Wildman–Crippen MR) is 297 cm³/mol. The Balaban J connectivity index is 0.000000188. The van der Waals surface area contributed by atoms with E-state index >= 15 is 0 Å². The molecule has 0 aliphatic carbocycles. The standard InChI is InChI=1S/C13H11ClN4OS.C8H6BrClN2.C8H7ClN2O.C8H8N2O.C5H6N2OS.CH4.Br3P/c1-8-6-11(19)17-13(15-8)20-7-9-12(14)18-5-3-2-4-10(18)16-9;9-5-6-8(10)12-4-2-1-3-7(12)11-6;9-8-6(5-12)10-7-3-1-2-4-11(7)8;11-6-7-5-10-4-2-1-3-8(10)9-7;1-3-2-4(8)7-5(9)6-3;;1-4(2)3/h2-6H,7H2,1H3,(H,15,17,19);1-4H,5H2;1-4,12H,5H2;1-5,11H,6H2;2H,1H3,(H2,6,7,8,9);1H4;. The number of imidazole rings is 4. The maximum atomic E-state index is 11.4. The molecule has 364 valence electrons. The van der Waals surface area contributed by atoms with E-state index in [0.29, 0.717) is 53.6 Å². The molecule has 69 heavy (non-hydrogen) atoms. The molecule has 10 aromatic heterocycles. The number of fused-ring (bicyclic) bond motifs is 4. The smallest absolute Gasteiger partial charge is 0.251 e. The van der Waals surface area contributed by atoms with Gasteiger partial charge in [0.1, 0.15) is 47.8 Å². The zero-order chi connectivity index (χ0) is 49.3. The third-order valence-corrected chi connectivity index (χ3v) is 11.4. The molecule has 10 aromatic rings. The first kappa shape index (κ1) is 57.8. The Hall–Kier alpha value is -3.77. The zero-order valence-corrected chi connectivity index (χ0v) is 46.6. The molecule has 0 radical (unpaired) electrons. The molecule has 0 aliphatic rings. The minimum absolute atomic E-state index is 0. The molecular formula is C43H42Br4Cl3N12O4PS2. The lowest BCUT2D eigenvalue weighted by Crippen LogP contribution is -2.08. The highest BCUT2D eigenvalue weighted by atomic mass is 80.0. The monoisotopic (exact) mass is 1310 g/mol. The van der Waals surface area contributed by atoms with Crippen LogP contribution in [0.5, 0.6) is 0 Å². The van der Waals surface area contributed by atoms with E-state index in [1.807, 2.05) is 117 Å². The van der Waals surface area contributed by atoms with Gasteiger partial charge in [0.05, 0.1) is 30.3 Å². The third kappa shape index (κ3) is 17.5. The van der Waals surface area contributed by atoms with Crippen molar-refractivity contribution >= 4 is 148 Å². The summed E-state index contributed by atoms with van der Waals surface area (Å²) in [6.45, 7) is 3.45. The van der Waals surface area contributed by atoms with Crippen LogP contribution in [0.3, 0.4) is 0 Å². The predicted octanol–water partition coefficient (Wildman–Crippen LogP) is 12.6. The highest BCUT2D eigenvalue weighted by Crippen LogP contribution is 2.59. The maximum absolute atomic E-state index is 11.4. The molecule has 0 amide bonds. The van der Waals surface area contributed by atoms with Gasteiger partial charge in [-0.25, -0.2) is 24.9 Å². The van der Waals surface area contributed by atoms with Gasteiger partial charge in [-0.1, -0.05) is 94.2 Å². The number of nitrogens with zero attached hydrogens (tertiary/aromatic N) is 9. The van der Waals surface area contributed by atoms with E-state index in [1.165, 1.54) is 23.9 Å². The largest absolute Gasteiger partial charge is 0.390 e. The fourth-order valence-corrected chi connectivity index (χ4v) is 8.23. The number of halogens is 7. The van der Waals surface area contributed by atoms with Gasteiger partial charge in [-0.3, -0.25) is 27.8 Å². The second kappa shape index (κ2) is 28.9. The summed E-state index contributed by atoms with van der Waals surface area (Å²) < 4.78 is 7.48. The number of hydrogen-bond donors (Lipinski definition) is 5. The number of aryl methyl sites for hydroxylation is 2. The third-order valence-electron chi connectivity index (χ3n) is 8.55. The number of alkyl halides is 1. The maximum Gasteiger partial charge on any atom is 0.251 e. The van der Waals surface area contributed by atoms with Crippen LogP contribution in [0.15, 0.2) is 131 Å². The minimum Gasteiger partial charge on any atom is -0.390 e. The molecule has 0 saturated heterocycles. The summed E-state index contributed by atoms with van der Waals surface area (Å²) in [7, 11) is 0. The van der Waals surface area contributed by atoms with Crippen molar-refractivity contribution in [3.8, 4) is 0 Å². The number of thioether (sulfide) groups is 1. The quantitative estimate of drug-likeness (QED) is 0.0348. The molecular weight excluding hydrogens is 1270 g/mol. The molecule has 0 aliphatic heterocycles. The lowest BCUT2D eigenvalue weighted by atomic mass is 10.5. The fourth-order valence-electron chi connectivity index (χ4n) is 5.73. The van der Waals surface area contributed by atoms with Gasteiger partial charge in [0.15, 0.2) is 9.93 Å². The number of hydrogen-bond acceptors (Lipinski definition) is 11. The number of nitrogens with one attached hydrogen (secondary N) is 3. The molecule has 0 saturated carbocycles. The van der Waals surface area contributed by atoms with Gasteiger partial charge in [0, 0.05) is 65.6 Å². The molecule has 0 spiro atoms. The van der Waals surface area contributed by atoms with E-state index in [-0.39, 0.29) is 35.8 Å². The molecule has 26 heteroatoms. The molecule has 0 unspecified atom stereocenters. The van der Waals surface area contributed by atoms with Crippen LogP contribution in [0.1, 0.15) is 41.6 Å². The van der Waals surface area contributed by atoms with E-state index in [9.17, 15) is 9.59 Å². The van der Waals surface area contributed by atoms with Gasteiger partial charge in [-0.05, 0) is 121 Å². The zero-order valence-electron chi connectivity index (χ0n) is 35.4. The van der Waals surface area contributed by atoms with Crippen molar-refractivity contribution in [2.75, 3.05) is 0 Å². The summed E-state index contributed by atoms with van der Waals surface area (Å²) in [4.78, 5) is 51.1. The van der Waals surface area contributed by atoms with Crippen molar-refractivity contribution in [2.24, 2.45) is 0 Å². The molecule has 10 rings (SSSR count). The summed E-state index contributed by atoms with van der Waals surface area (Å²) >= 11 is 37.1. The highest BCUT2D eigenvalue weighted by molar-refractivity contribution is 9.93. The number of rotatable bonds is 6. The van der Waals surface area contributed by atoms with E-state index in [4.69, 9.17) is 45.0 Å². The highest BCUT2D eigenvalue weighted by Gasteiger charge is 2.11. The Morgan fingerprint density at radius 1 is 0.652 bits per heavy atom. The van der Waals surface area contributed by atoms with Crippen molar-refractivity contribution in [1.82, 2.24) is 57.5 Å². The lowest BCUT2D eigenvalue weighted by molar-refractivity contribution is 0.277. The van der Waals surface area contributed by atoms with Gasteiger partial charge in [0.25, 0.3) is 11.1 Å². The van der Waals surface area contributed by atoms with E-state index in [0.717, 1.165) is 39.7 Å². The topological polar surface area (TPSA) is 204 Å². The average Bonchev–Trinajstić information content (AvgIpc) is 4.07. The van der Waals surface area contributed by atoms with Crippen LogP contribution >= 0.6 is 125 Å².